The van der Waals surface area contributed by atoms with E-state index in [1.165, 1.54) is 16.9 Å². The summed E-state index contributed by atoms with van der Waals surface area (Å²) >= 11 is 0.990. The molecule has 0 fully saturated rings. The largest absolute Gasteiger partial charge is 0.511 e. The third kappa shape index (κ3) is 4.04. The third-order valence-corrected chi connectivity index (χ3v) is 4.89. The molecule has 4 rings (SSSR count). The molecular weight excluding hydrogens is 409 g/mol. The van der Waals surface area contributed by atoms with Crippen molar-refractivity contribution >= 4 is 29.0 Å². The van der Waals surface area contributed by atoms with Crippen LogP contribution in [0.5, 0.6) is 5.75 Å². The van der Waals surface area contributed by atoms with E-state index in [0.717, 1.165) is 24.0 Å². The number of carboxylic acid groups (broad SMARTS) is 1. The highest BCUT2D eigenvalue weighted by molar-refractivity contribution is 7.99. The van der Waals surface area contributed by atoms with Crippen LogP contribution in [0.2, 0.25) is 0 Å². The van der Waals surface area contributed by atoms with E-state index in [4.69, 9.17) is 5.11 Å². The Hall–Kier alpha value is -3.47. The molecule has 0 radical (unpaired) electrons. The summed E-state index contributed by atoms with van der Waals surface area (Å²) in [6.07, 6.45) is -3.66. The fourth-order valence-electron chi connectivity index (χ4n) is 2.63. The summed E-state index contributed by atoms with van der Waals surface area (Å²) in [5, 5.41) is 12.5. The molecule has 4 aromatic rings. The molecule has 0 aliphatic heterocycles. The first kappa shape index (κ1) is 18.9. The van der Waals surface area contributed by atoms with Crippen molar-refractivity contribution in [2.75, 3.05) is 0 Å². The zero-order chi connectivity index (χ0) is 20.6. The second-order valence-electron chi connectivity index (χ2n) is 5.83. The lowest BCUT2D eigenvalue weighted by atomic mass is 10.2. The van der Waals surface area contributed by atoms with Crippen molar-refractivity contribution in [1.29, 1.82) is 0 Å². The fourth-order valence-corrected chi connectivity index (χ4v) is 3.63. The third-order valence-electron chi connectivity index (χ3n) is 3.83. The Kier molecular flexibility index (Phi) is 4.66. The van der Waals surface area contributed by atoms with Crippen molar-refractivity contribution in [3.05, 3.63) is 60.4 Å². The van der Waals surface area contributed by atoms with Gasteiger partial charge < -0.3 is 14.8 Å². The van der Waals surface area contributed by atoms with Gasteiger partial charge in [0.1, 0.15) is 0 Å². The Morgan fingerprint density at radius 3 is 2.66 bits per heavy atom. The summed E-state index contributed by atoms with van der Waals surface area (Å²) in [7, 11) is 0. The minimum atomic E-state index is -4.55. The van der Waals surface area contributed by atoms with Crippen LogP contribution in [0.3, 0.4) is 0 Å². The zero-order valence-corrected chi connectivity index (χ0v) is 15.2. The van der Waals surface area contributed by atoms with Crippen molar-refractivity contribution in [3.63, 3.8) is 0 Å². The average Bonchev–Trinajstić information content (AvgIpc) is 3.27. The number of hydrogen-bond acceptors (Lipinski definition) is 5. The van der Waals surface area contributed by atoms with E-state index < -0.39 is 17.9 Å². The van der Waals surface area contributed by atoms with Crippen LogP contribution in [-0.4, -0.2) is 31.0 Å². The summed E-state index contributed by atoms with van der Waals surface area (Å²) in [4.78, 5) is 18.3. The number of ether oxygens (including phenoxy) is 1. The lowest BCUT2D eigenvalue weighted by Crippen LogP contribution is -2.06. The van der Waals surface area contributed by atoms with E-state index in [0.29, 0.717) is 10.4 Å². The van der Waals surface area contributed by atoms with Gasteiger partial charge in [-0.05, 0) is 24.3 Å². The number of nitrogens with zero attached hydrogens (tertiary/aromatic N) is 3. The van der Waals surface area contributed by atoms with Crippen molar-refractivity contribution in [2.24, 2.45) is 0 Å². The molecule has 29 heavy (non-hydrogen) atoms. The summed E-state index contributed by atoms with van der Waals surface area (Å²) < 4.78 is 46.4. The van der Waals surface area contributed by atoms with Gasteiger partial charge in [-0.2, -0.15) is 18.3 Å². The van der Waals surface area contributed by atoms with Crippen LogP contribution in [0.1, 0.15) is 5.56 Å². The summed E-state index contributed by atoms with van der Waals surface area (Å²) in [5.74, 6) is 0.0736. The molecule has 0 unspecified atom stereocenters. The molecule has 2 N–H and O–H groups in total. The number of halogens is 3. The van der Waals surface area contributed by atoms with Crippen molar-refractivity contribution < 1.29 is 27.8 Å². The highest BCUT2D eigenvalue weighted by Gasteiger charge is 2.34. The molecule has 0 amide bonds. The van der Waals surface area contributed by atoms with Gasteiger partial charge in [-0.3, -0.25) is 0 Å². The Balaban J connectivity index is 1.76. The maximum Gasteiger partial charge on any atom is 0.511 e. The normalized spacial score (nSPS) is 11.7. The molecule has 11 heteroatoms. The van der Waals surface area contributed by atoms with E-state index in [1.54, 1.807) is 30.3 Å². The number of rotatable bonds is 4. The molecule has 0 aliphatic rings. The van der Waals surface area contributed by atoms with Crippen LogP contribution < -0.4 is 4.74 Å². The van der Waals surface area contributed by atoms with Gasteiger partial charge in [0.2, 0.25) is 5.95 Å². The quantitative estimate of drug-likeness (QED) is 0.453. The topological polar surface area (TPSA) is 93.0 Å². The van der Waals surface area contributed by atoms with Gasteiger partial charge >= 0.3 is 12.3 Å². The van der Waals surface area contributed by atoms with Crippen LogP contribution >= 0.6 is 11.8 Å². The first-order valence-corrected chi connectivity index (χ1v) is 8.91. The molecule has 2 heterocycles. The average molecular weight is 420 g/mol. The van der Waals surface area contributed by atoms with Gasteiger partial charge in [-0.1, -0.05) is 30.0 Å². The number of carbonyl (C=O) groups is 1. The molecule has 2 aromatic heterocycles. The number of hydrogen-bond donors (Lipinski definition) is 2. The molecule has 0 aliphatic carbocycles. The highest BCUT2D eigenvalue weighted by atomic mass is 32.2. The molecule has 0 saturated carbocycles. The lowest BCUT2D eigenvalue weighted by Gasteiger charge is -2.12. The van der Waals surface area contributed by atoms with Gasteiger partial charge in [0, 0.05) is 9.79 Å². The number of fused-ring (bicyclic) bond motifs is 1. The fraction of sp³-hybridized carbons (Fsp3) is 0.0556. The Morgan fingerprint density at radius 2 is 1.97 bits per heavy atom. The summed E-state index contributed by atoms with van der Waals surface area (Å²) in [6, 6.07) is 11.1. The Morgan fingerprint density at radius 1 is 1.21 bits per heavy atom. The zero-order valence-electron chi connectivity index (χ0n) is 14.3. The molecule has 148 valence electrons. The van der Waals surface area contributed by atoms with Gasteiger partial charge in [-0.15, -0.1) is 0 Å². The Bertz CT molecular complexity index is 1190. The highest BCUT2D eigenvalue weighted by Crippen LogP contribution is 2.41. The number of H-pyrrole nitrogens is 1. The number of aromatic amines is 1. The van der Waals surface area contributed by atoms with Crippen LogP contribution in [0.25, 0.3) is 17.0 Å². The number of imidazole rings is 1. The SMILES string of the molecule is O=C(O)Oc1cnn(-c2nc3cc(Sc4ccccc4)c(C(F)(F)F)cc3[nH]2)c1. The van der Waals surface area contributed by atoms with E-state index >= 15 is 0 Å². The monoisotopic (exact) mass is 420 g/mol. The first-order chi connectivity index (χ1) is 13.8. The van der Waals surface area contributed by atoms with Crippen LogP contribution in [0.15, 0.2) is 64.6 Å². The molecule has 7 nitrogen and oxygen atoms in total. The summed E-state index contributed by atoms with van der Waals surface area (Å²) in [5.41, 5.74) is -0.312. The molecule has 0 atom stereocenters. The molecular formula is C18H11F3N4O3S. The van der Waals surface area contributed by atoms with E-state index in [2.05, 4.69) is 19.8 Å². The molecule has 0 saturated heterocycles. The van der Waals surface area contributed by atoms with Gasteiger partial charge in [0.05, 0.1) is 29.0 Å². The second-order valence-corrected chi connectivity index (χ2v) is 6.94. The Labute approximate surface area is 165 Å². The van der Waals surface area contributed by atoms with Gasteiger partial charge in [0.25, 0.3) is 0 Å². The van der Waals surface area contributed by atoms with Gasteiger partial charge in [0.15, 0.2) is 5.75 Å². The smallest absolute Gasteiger partial charge is 0.449 e. The van der Waals surface area contributed by atoms with Gasteiger partial charge in [-0.25, -0.2) is 14.5 Å². The molecule has 2 aromatic carbocycles. The first-order valence-electron chi connectivity index (χ1n) is 8.09. The molecule has 0 spiro atoms. The van der Waals surface area contributed by atoms with Crippen molar-refractivity contribution in [1.82, 2.24) is 19.7 Å². The standard InChI is InChI=1S/C18H11F3N4O3S/c19-18(20,21)12-6-13-14(7-15(12)29-11-4-2-1-3-5-11)24-16(23-13)25-9-10(8-22-25)28-17(26)27/h1-9H,(H,23,24)(H,26,27). The number of aromatic nitrogens is 4. The maximum atomic E-state index is 13.6. The number of benzene rings is 2. The molecule has 0 bridgehead atoms. The van der Waals surface area contributed by atoms with Crippen molar-refractivity contribution in [3.8, 4) is 11.7 Å². The van der Waals surface area contributed by atoms with E-state index in [-0.39, 0.29) is 22.1 Å². The minimum Gasteiger partial charge on any atom is -0.449 e. The second kappa shape index (κ2) is 7.17. The van der Waals surface area contributed by atoms with Crippen LogP contribution in [-0.2, 0) is 6.18 Å². The number of nitrogens with one attached hydrogen (secondary N) is 1. The number of alkyl halides is 3. The minimum absolute atomic E-state index is 0.0182. The predicted octanol–water partition coefficient (Wildman–Crippen LogP) is 4.98. The van der Waals surface area contributed by atoms with Crippen LogP contribution in [0.4, 0.5) is 18.0 Å². The van der Waals surface area contributed by atoms with E-state index in [1.807, 2.05) is 0 Å². The predicted molar refractivity (Wildman–Crippen MR) is 97.4 cm³/mol. The van der Waals surface area contributed by atoms with Crippen LogP contribution in [0, 0.1) is 0 Å². The lowest BCUT2D eigenvalue weighted by molar-refractivity contribution is -0.139. The van der Waals surface area contributed by atoms with Crippen molar-refractivity contribution in [2.45, 2.75) is 16.0 Å². The van der Waals surface area contributed by atoms with E-state index in [9.17, 15) is 18.0 Å². The summed E-state index contributed by atoms with van der Waals surface area (Å²) in [6.45, 7) is 0. The maximum absolute atomic E-state index is 13.6.